The van der Waals surface area contributed by atoms with E-state index in [4.69, 9.17) is 4.74 Å². The molecule has 0 heterocycles. The molecule has 1 N–H and O–H groups in total. The standard InChI is InChI=1S/C19H24FNO3/c1-13-6-3-4-9-17(13)21-19(23)14(2)24-18(22)11-10-15-7-5-8-16(20)12-15/h5,7-8,10-14,17H,3-4,6,9H2,1-2H3,(H,21,23)/b11-10+/t13-,14+,17+/m1/s1. The van der Waals surface area contributed by atoms with Gasteiger partial charge in [0.25, 0.3) is 5.91 Å². The highest BCUT2D eigenvalue weighted by Gasteiger charge is 2.25. The predicted octanol–water partition coefficient (Wildman–Crippen LogP) is 3.47. The van der Waals surface area contributed by atoms with E-state index >= 15 is 0 Å². The maximum atomic E-state index is 13.1. The monoisotopic (exact) mass is 333 g/mol. The Morgan fingerprint density at radius 1 is 1.33 bits per heavy atom. The molecule has 0 radical (unpaired) electrons. The second-order valence-electron chi connectivity index (χ2n) is 6.34. The number of rotatable bonds is 5. The van der Waals surface area contributed by atoms with Crippen molar-refractivity contribution in [3.63, 3.8) is 0 Å². The topological polar surface area (TPSA) is 55.4 Å². The Labute approximate surface area is 142 Å². The Bertz CT molecular complexity index is 614. The van der Waals surface area contributed by atoms with E-state index in [-0.39, 0.29) is 17.8 Å². The van der Waals surface area contributed by atoms with Crippen molar-refractivity contribution in [2.75, 3.05) is 0 Å². The number of benzene rings is 1. The highest BCUT2D eigenvalue weighted by atomic mass is 19.1. The number of esters is 1. The summed E-state index contributed by atoms with van der Waals surface area (Å²) in [6, 6.07) is 6.02. The number of nitrogens with one attached hydrogen (secondary N) is 1. The van der Waals surface area contributed by atoms with E-state index in [1.807, 2.05) is 0 Å². The van der Waals surface area contributed by atoms with Gasteiger partial charge in [-0.05, 0) is 49.5 Å². The number of amides is 1. The molecule has 1 aromatic rings. The molecule has 5 heteroatoms. The molecule has 1 aromatic carbocycles. The molecule has 3 atom stereocenters. The first-order valence-electron chi connectivity index (χ1n) is 8.40. The lowest BCUT2D eigenvalue weighted by atomic mass is 9.86. The summed E-state index contributed by atoms with van der Waals surface area (Å²) >= 11 is 0. The SMILES string of the molecule is C[C@H](OC(=O)/C=C/c1cccc(F)c1)C(=O)N[C@H]1CCCC[C@H]1C. The summed E-state index contributed by atoms with van der Waals surface area (Å²) in [6.45, 7) is 3.68. The molecule has 1 amide bonds. The van der Waals surface area contributed by atoms with Crippen molar-refractivity contribution in [3.8, 4) is 0 Å². The molecule has 1 fully saturated rings. The highest BCUT2D eigenvalue weighted by Crippen LogP contribution is 2.23. The lowest BCUT2D eigenvalue weighted by Crippen LogP contribution is -2.45. The molecule has 0 aliphatic heterocycles. The molecular weight excluding hydrogens is 309 g/mol. The van der Waals surface area contributed by atoms with Crippen LogP contribution >= 0.6 is 0 Å². The van der Waals surface area contributed by atoms with Crippen LogP contribution in [-0.4, -0.2) is 24.0 Å². The van der Waals surface area contributed by atoms with Crippen LogP contribution < -0.4 is 5.32 Å². The van der Waals surface area contributed by atoms with Crippen molar-refractivity contribution in [3.05, 3.63) is 41.7 Å². The predicted molar refractivity (Wildman–Crippen MR) is 90.6 cm³/mol. The highest BCUT2D eigenvalue weighted by molar-refractivity contribution is 5.90. The number of hydrogen-bond donors (Lipinski definition) is 1. The number of ether oxygens (including phenoxy) is 1. The van der Waals surface area contributed by atoms with Gasteiger partial charge < -0.3 is 10.1 Å². The van der Waals surface area contributed by atoms with Gasteiger partial charge in [-0.2, -0.15) is 0 Å². The third kappa shape index (κ3) is 5.48. The quantitative estimate of drug-likeness (QED) is 0.663. The molecule has 1 saturated carbocycles. The van der Waals surface area contributed by atoms with E-state index in [0.29, 0.717) is 11.5 Å². The Morgan fingerprint density at radius 3 is 2.79 bits per heavy atom. The van der Waals surface area contributed by atoms with Gasteiger partial charge in [-0.3, -0.25) is 4.79 Å². The number of carbonyl (C=O) groups excluding carboxylic acids is 2. The first kappa shape index (κ1) is 18.2. The van der Waals surface area contributed by atoms with Gasteiger partial charge >= 0.3 is 5.97 Å². The van der Waals surface area contributed by atoms with E-state index in [2.05, 4.69) is 12.2 Å². The summed E-state index contributed by atoms with van der Waals surface area (Å²) in [7, 11) is 0. The Balaban J connectivity index is 1.83. The van der Waals surface area contributed by atoms with Gasteiger partial charge in [-0.25, -0.2) is 9.18 Å². The summed E-state index contributed by atoms with van der Waals surface area (Å²) in [6.07, 6.45) is 6.18. The van der Waals surface area contributed by atoms with Gasteiger partial charge in [0.1, 0.15) is 5.82 Å². The first-order valence-corrected chi connectivity index (χ1v) is 8.40. The third-order valence-electron chi connectivity index (χ3n) is 4.36. The largest absolute Gasteiger partial charge is 0.449 e. The zero-order chi connectivity index (χ0) is 17.5. The first-order chi connectivity index (χ1) is 11.5. The van der Waals surface area contributed by atoms with Crippen molar-refractivity contribution < 1.29 is 18.7 Å². The average molecular weight is 333 g/mol. The minimum Gasteiger partial charge on any atom is -0.449 e. The van der Waals surface area contributed by atoms with E-state index < -0.39 is 12.1 Å². The summed E-state index contributed by atoms with van der Waals surface area (Å²) < 4.78 is 18.2. The summed E-state index contributed by atoms with van der Waals surface area (Å²) in [5.41, 5.74) is 0.556. The van der Waals surface area contributed by atoms with Crippen LogP contribution in [0.25, 0.3) is 6.08 Å². The second kappa shape index (κ2) is 8.62. The van der Waals surface area contributed by atoms with E-state index in [0.717, 1.165) is 19.3 Å². The molecule has 0 unspecified atom stereocenters. The van der Waals surface area contributed by atoms with Crippen molar-refractivity contribution in [1.82, 2.24) is 5.32 Å². The van der Waals surface area contributed by atoms with Crippen LogP contribution in [0.15, 0.2) is 30.3 Å². The fourth-order valence-electron chi connectivity index (χ4n) is 2.87. The number of hydrogen-bond acceptors (Lipinski definition) is 3. The van der Waals surface area contributed by atoms with Gasteiger partial charge in [0, 0.05) is 12.1 Å². The van der Waals surface area contributed by atoms with Gasteiger partial charge in [0.15, 0.2) is 6.10 Å². The molecule has 130 valence electrons. The smallest absolute Gasteiger partial charge is 0.331 e. The van der Waals surface area contributed by atoms with Crippen LogP contribution in [-0.2, 0) is 14.3 Å². The normalized spacial score (nSPS) is 22.1. The van der Waals surface area contributed by atoms with E-state index in [1.54, 1.807) is 19.1 Å². The van der Waals surface area contributed by atoms with Crippen molar-refractivity contribution in [1.29, 1.82) is 0 Å². The van der Waals surface area contributed by atoms with Crippen molar-refractivity contribution >= 4 is 18.0 Å². The fraction of sp³-hybridized carbons (Fsp3) is 0.474. The van der Waals surface area contributed by atoms with Crippen LogP contribution in [0.2, 0.25) is 0 Å². The molecule has 0 aromatic heterocycles. The number of carbonyl (C=O) groups is 2. The molecule has 0 spiro atoms. The molecule has 24 heavy (non-hydrogen) atoms. The summed E-state index contributed by atoms with van der Waals surface area (Å²) in [5, 5.41) is 2.97. The third-order valence-corrected chi connectivity index (χ3v) is 4.36. The van der Waals surface area contributed by atoms with Crippen molar-refractivity contribution in [2.24, 2.45) is 5.92 Å². The average Bonchev–Trinajstić information content (AvgIpc) is 2.55. The van der Waals surface area contributed by atoms with Crippen LogP contribution in [0.3, 0.4) is 0 Å². The Hall–Kier alpha value is -2.17. The van der Waals surface area contributed by atoms with E-state index in [9.17, 15) is 14.0 Å². The zero-order valence-corrected chi connectivity index (χ0v) is 14.1. The molecular formula is C19H24FNO3. The van der Waals surface area contributed by atoms with Gasteiger partial charge in [-0.1, -0.05) is 31.9 Å². The van der Waals surface area contributed by atoms with Gasteiger partial charge in [0.2, 0.25) is 0 Å². The van der Waals surface area contributed by atoms with Crippen molar-refractivity contribution in [2.45, 2.75) is 51.7 Å². The van der Waals surface area contributed by atoms with Gasteiger partial charge in [0.05, 0.1) is 0 Å². The van der Waals surface area contributed by atoms with Crippen LogP contribution in [0.1, 0.15) is 45.1 Å². The van der Waals surface area contributed by atoms with Crippen LogP contribution in [0.4, 0.5) is 4.39 Å². The lowest BCUT2D eigenvalue weighted by Gasteiger charge is -2.30. The Kier molecular flexibility index (Phi) is 6.53. The minimum atomic E-state index is -0.858. The molecule has 2 rings (SSSR count). The maximum absolute atomic E-state index is 13.1. The Morgan fingerprint density at radius 2 is 2.08 bits per heavy atom. The molecule has 1 aliphatic carbocycles. The van der Waals surface area contributed by atoms with E-state index in [1.165, 1.54) is 30.7 Å². The lowest BCUT2D eigenvalue weighted by molar-refractivity contribution is -0.150. The molecule has 0 saturated heterocycles. The maximum Gasteiger partial charge on any atom is 0.331 e. The fourth-order valence-corrected chi connectivity index (χ4v) is 2.87. The summed E-state index contributed by atoms with van der Waals surface area (Å²) in [5.74, 6) is -0.835. The minimum absolute atomic E-state index is 0.148. The second-order valence-corrected chi connectivity index (χ2v) is 6.34. The summed E-state index contributed by atoms with van der Waals surface area (Å²) in [4.78, 5) is 23.9. The molecule has 4 nitrogen and oxygen atoms in total. The van der Waals surface area contributed by atoms with Crippen LogP contribution in [0, 0.1) is 11.7 Å². The molecule has 1 aliphatic rings. The zero-order valence-electron chi connectivity index (χ0n) is 14.1. The number of halogens is 1. The molecule has 0 bridgehead atoms. The van der Waals surface area contributed by atoms with Crippen LogP contribution in [0.5, 0.6) is 0 Å². The van der Waals surface area contributed by atoms with Gasteiger partial charge in [-0.15, -0.1) is 0 Å².